The number of carbonyl (C=O) groups is 2. The molecule has 178 valence electrons. The molecule has 6 heteroatoms. The third kappa shape index (κ3) is 4.70. The van der Waals surface area contributed by atoms with Crippen LogP contribution in [0.4, 0.5) is 11.4 Å². The van der Waals surface area contributed by atoms with E-state index < -0.39 is 11.5 Å². The molecule has 0 aromatic heterocycles. The maximum absolute atomic E-state index is 13.6. The van der Waals surface area contributed by atoms with Gasteiger partial charge in [-0.15, -0.1) is 0 Å². The van der Waals surface area contributed by atoms with Crippen molar-refractivity contribution in [3.63, 3.8) is 0 Å². The number of aromatic hydroxyl groups is 1. The fourth-order valence-corrected chi connectivity index (χ4v) is 4.25. The number of phenolic OH excluding ortho intramolecular Hbond substituents is 1. The lowest BCUT2D eigenvalue weighted by atomic mass is 9.85. The fourth-order valence-electron chi connectivity index (χ4n) is 4.25. The zero-order valence-corrected chi connectivity index (χ0v) is 21.2. The van der Waals surface area contributed by atoms with E-state index in [4.69, 9.17) is 0 Å². The molecule has 2 N–H and O–H groups in total. The summed E-state index contributed by atoms with van der Waals surface area (Å²) >= 11 is 0. The van der Waals surface area contributed by atoms with Gasteiger partial charge in [-0.05, 0) is 73.2 Å². The Labute approximate surface area is 197 Å². The number of aryl methyl sites for hydroxylation is 1. The molecule has 0 saturated heterocycles. The molecule has 1 heterocycles. The summed E-state index contributed by atoms with van der Waals surface area (Å²) in [6, 6.07) is 7.42. The van der Waals surface area contributed by atoms with E-state index in [1.54, 1.807) is 11.0 Å². The standard InChI is InChI=1S/C27H37N3O3/c1-9-27(5,6)26(33)30-15-20-13-21(29(7)8)11-10-19(20)14-23(30)25(32)28-22-12-16(2)24(31)18(4)17(22)3/h10-13,23,31H,9,14-15H2,1-8H3,(H,28,32)/t23-/m0/s1. The van der Waals surface area contributed by atoms with Gasteiger partial charge in [-0.2, -0.15) is 0 Å². The smallest absolute Gasteiger partial charge is 0.247 e. The Bertz CT molecular complexity index is 1090. The van der Waals surface area contributed by atoms with Crippen molar-refractivity contribution in [1.82, 2.24) is 4.90 Å². The summed E-state index contributed by atoms with van der Waals surface area (Å²) in [7, 11) is 3.99. The number of anilines is 2. The number of nitrogens with one attached hydrogen (secondary N) is 1. The number of carbonyl (C=O) groups excluding carboxylic acids is 2. The summed E-state index contributed by atoms with van der Waals surface area (Å²) in [5, 5.41) is 13.3. The van der Waals surface area contributed by atoms with Gasteiger partial charge in [0.15, 0.2) is 0 Å². The van der Waals surface area contributed by atoms with Gasteiger partial charge < -0.3 is 20.2 Å². The number of nitrogens with zero attached hydrogens (tertiary/aromatic N) is 2. The highest BCUT2D eigenvalue weighted by Gasteiger charge is 2.40. The van der Waals surface area contributed by atoms with Crippen molar-refractivity contribution in [1.29, 1.82) is 0 Å². The highest BCUT2D eigenvalue weighted by atomic mass is 16.3. The largest absolute Gasteiger partial charge is 0.507 e. The monoisotopic (exact) mass is 451 g/mol. The lowest BCUT2D eigenvalue weighted by molar-refractivity contribution is -0.147. The minimum atomic E-state index is -0.602. The Kier molecular flexibility index (Phi) is 6.78. The SMILES string of the molecule is CCC(C)(C)C(=O)N1Cc2cc(N(C)C)ccc2C[C@H]1C(=O)Nc1cc(C)c(O)c(C)c1C. The van der Waals surface area contributed by atoms with Crippen LogP contribution >= 0.6 is 0 Å². The topological polar surface area (TPSA) is 72.9 Å². The van der Waals surface area contributed by atoms with Crippen molar-refractivity contribution in [2.24, 2.45) is 5.41 Å². The second-order valence-electron chi connectivity index (χ2n) is 10.1. The normalized spacial score (nSPS) is 15.8. The molecule has 1 aliphatic rings. The van der Waals surface area contributed by atoms with Gasteiger partial charge in [0, 0.05) is 43.9 Å². The summed E-state index contributed by atoms with van der Waals surface area (Å²) in [6.07, 6.45) is 1.16. The molecule has 0 spiro atoms. The first-order chi connectivity index (χ1) is 15.4. The van der Waals surface area contributed by atoms with Gasteiger partial charge in [0.1, 0.15) is 11.8 Å². The Morgan fingerprint density at radius 3 is 2.39 bits per heavy atom. The van der Waals surface area contributed by atoms with Crippen LogP contribution in [0.3, 0.4) is 0 Å². The molecule has 1 atom stereocenters. The molecule has 0 saturated carbocycles. The van der Waals surface area contributed by atoms with Gasteiger partial charge in [-0.25, -0.2) is 0 Å². The molecule has 33 heavy (non-hydrogen) atoms. The third-order valence-electron chi connectivity index (χ3n) is 7.18. The average molecular weight is 452 g/mol. The number of phenols is 1. The first kappa shape index (κ1) is 24.6. The zero-order valence-electron chi connectivity index (χ0n) is 21.2. The third-order valence-corrected chi connectivity index (χ3v) is 7.18. The number of rotatable bonds is 5. The van der Waals surface area contributed by atoms with E-state index in [1.807, 2.05) is 60.5 Å². The number of amides is 2. The average Bonchev–Trinajstić information content (AvgIpc) is 2.79. The van der Waals surface area contributed by atoms with Crippen LogP contribution in [0.5, 0.6) is 5.75 Å². The van der Waals surface area contributed by atoms with Crippen LogP contribution in [0.2, 0.25) is 0 Å². The van der Waals surface area contributed by atoms with Gasteiger partial charge in [0.05, 0.1) is 0 Å². The molecule has 0 aliphatic carbocycles. The molecule has 0 unspecified atom stereocenters. The Morgan fingerprint density at radius 2 is 1.79 bits per heavy atom. The van der Waals surface area contributed by atoms with Crippen molar-refractivity contribution in [2.45, 2.75) is 67.0 Å². The predicted octanol–water partition coefficient (Wildman–Crippen LogP) is 4.71. The van der Waals surface area contributed by atoms with Gasteiger partial charge in [0.25, 0.3) is 0 Å². The fraction of sp³-hybridized carbons (Fsp3) is 0.481. The summed E-state index contributed by atoms with van der Waals surface area (Å²) in [5.41, 5.74) is 5.64. The minimum absolute atomic E-state index is 0.0131. The van der Waals surface area contributed by atoms with Crippen molar-refractivity contribution >= 4 is 23.2 Å². The Hall–Kier alpha value is -3.02. The second-order valence-corrected chi connectivity index (χ2v) is 10.1. The van der Waals surface area contributed by atoms with Gasteiger partial charge in [0.2, 0.25) is 11.8 Å². The quantitative estimate of drug-likeness (QED) is 0.646. The van der Waals surface area contributed by atoms with Crippen molar-refractivity contribution < 1.29 is 14.7 Å². The van der Waals surface area contributed by atoms with Crippen LogP contribution < -0.4 is 10.2 Å². The number of hydrogen-bond acceptors (Lipinski definition) is 4. The van der Waals surface area contributed by atoms with Gasteiger partial charge >= 0.3 is 0 Å². The van der Waals surface area contributed by atoms with Crippen molar-refractivity contribution in [3.05, 3.63) is 52.1 Å². The van der Waals surface area contributed by atoms with Crippen LogP contribution in [0.15, 0.2) is 24.3 Å². The van der Waals surface area contributed by atoms with Crippen LogP contribution in [0, 0.1) is 26.2 Å². The molecule has 0 fully saturated rings. The highest BCUT2D eigenvalue weighted by Crippen LogP contribution is 2.34. The molecule has 6 nitrogen and oxygen atoms in total. The van der Waals surface area contributed by atoms with E-state index in [0.29, 0.717) is 30.6 Å². The minimum Gasteiger partial charge on any atom is -0.507 e. The summed E-state index contributed by atoms with van der Waals surface area (Å²) in [5.74, 6) is 0.0290. The van der Waals surface area contributed by atoms with E-state index in [-0.39, 0.29) is 17.6 Å². The number of fused-ring (bicyclic) bond motifs is 1. The molecule has 1 aliphatic heterocycles. The molecule has 2 aromatic rings. The van der Waals surface area contributed by atoms with Crippen LogP contribution in [0.1, 0.15) is 55.0 Å². The molecule has 3 rings (SSSR count). The predicted molar refractivity (Wildman–Crippen MR) is 134 cm³/mol. The highest BCUT2D eigenvalue weighted by molar-refractivity contribution is 5.99. The van der Waals surface area contributed by atoms with Crippen molar-refractivity contribution in [2.75, 3.05) is 24.3 Å². The van der Waals surface area contributed by atoms with E-state index in [2.05, 4.69) is 23.5 Å². The first-order valence-corrected chi connectivity index (χ1v) is 11.6. The number of hydrogen-bond donors (Lipinski definition) is 2. The van der Waals surface area contributed by atoms with Crippen LogP contribution in [-0.4, -0.2) is 42.0 Å². The first-order valence-electron chi connectivity index (χ1n) is 11.6. The molecule has 0 radical (unpaired) electrons. The molecule has 0 bridgehead atoms. The lowest BCUT2D eigenvalue weighted by Crippen LogP contribution is -2.54. The lowest BCUT2D eigenvalue weighted by Gasteiger charge is -2.40. The van der Waals surface area contributed by atoms with Gasteiger partial charge in [-0.3, -0.25) is 9.59 Å². The maximum atomic E-state index is 13.6. The second kappa shape index (κ2) is 9.08. The maximum Gasteiger partial charge on any atom is 0.247 e. The van der Waals surface area contributed by atoms with Crippen LogP contribution in [-0.2, 0) is 22.6 Å². The molecular formula is C27H37N3O3. The summed E-state index contributed by atoms with van der Waals surface area (Å²) in [4.78, 5) is 30.9. The van der Waals surface area contributed by atoms with E-state index >= 15 is 0 Å². The molecular weight excluding hydrogens is 414 g/mol. The molecule has 2 amide bonds. The Morgan fingerprint density at radius 1 is 1.12 bits per heavy atom. The van der Waals surface area contributed by atoms with E-state index in [9.17, 15) is 14.7 Å². The summed E-state index contributed by atoms with van der Waals surface area (Å²) < 4.78 is 0. The van der Waals surface area contributed by atoms with E-state index in [0.717, 1.165) is 27.9 Å². The van der Waals surface area contributed by atoms with Crippen molar-refractivity contribution in [3.8, 4) is 5.75 Å². The van der Waals surface area contributed by atoms with Gasteiger partial charge in [-0.1, -0.05) is 26.8 Å². The van der Waals surface area contributed by atoms with E-state index in [1.165, 1.54) is 0 Å². The van der Waals surface area contributed by atoms with Crippen LogP contribution in [0.25, 0.3) is 0 Å². The summed E-state index contributed by atoms with van der Waals surface area (Å²) in [6.45, 7) is 11.8. The molecule has 2 aromatic carbocycles. The zero-order chi connectivity index (χ0) is 24.7. The Balaban J connectivity index is 2.00. The number of benzene rings is 2.